The first-order valence-electron chi connectivity index (χ1n) is 20.9. The van der Waals surface area contributed by atoms with Gasteiger partial charge in [-0.2, -0.15) is 0 Å². The van der Waals surface area contributed by atoms with E-state index in [2.05, 4.69) is 120 Å². The van der Waals surface area contributed by atoms with E-state index >= 15 is 0 Å². The van der Waals surface area contributed by atoms with Crippen molar-refractivity contribution in [3.05, 3.63) is 200 Å². The summed E-state index contributed by atoms with van der Waals surface area (Å²) in [5.41, 5.74) is 11.9. The van der Waals surface area contributed by atoms with Crippen LogP contribution in [0.3, 0.4) is 0 Å². The lowest BCUT2D eigenvalue weighted by molar-refractivity contribution is 0.621. The van der Waals surface area contributed by atoms with Crippen LogP contribution in [-0.2, 0) is 0 Å². The molecule has 0 spiro atoms. The second kappa shape index (κ2) is 13.9. The average Bonchev–Trinajstić information content (AvgIpc) is 4.05. The minimum absolute atomic E-state index is 0.571. The first-order chi connectivity index (χ1) is 31.2. The van der Waals surface area contributed by atoms with Crippen molar-refractivity contribution in [1.82, 2.24) is 24.5 Å². The molecule has 0 radical (unpaired) electrons. The van der Waals surface area contributed by atoms with Crippen LogP contribution in [0.25, 0.3) is 128 Å². The quantitative estimate of drug-likeness (QED) is 0.166. The number of furan rings is 1. The van der Waals surface area contributed by atoms with Crippen molar-refractivity contribution in [3.8, 4) is 62.4 Å². The number of hydrogen-bond donors (Lipinski definition) is 0. The Morgan fingerprint density at radius 1 is 0.349 bits per heavy atom. The van der Waals surface area contributed by atoms with Crippen LogP contribution in [0.2, 0.25) is 0 Å². The Labute approximate surface area is 360 Å². The maximum absolute atomic E-state index is 6.70. The fourth-order valence-electron chi connectivity index (χ4n) is 9.02. The predicted octanol–water partition coefficient (Wildman–Crippen LogP) is 14.5. The SMILES string of the molecule is c1ccc(-c2nc(-c3cccc(-c4cccc(-n5c6cc7ccccc7cc6c6ccc7nc(-c8ccccc8)oc7c65)c4)c3)nc(-c3ccc4c(c3)oc3ccccc34)n2)cc1. The van der Waals surface area contributed by atoms with Crippen LogP contribution in [0.15, 0.2) is 209 Å². The largest absolute Gasteiger partial charge is 0.456 e. The molecule has 0 N–H and O–H groups in total. The summed E-state index contributed by atoms with van der Waals surface area (Å²) >= 11 is 0. The maximum Gasteiger partial charge on any atom is 0.227 e. The van der Waals surface area contributed by atoms with E-state index < -0.39 is 0 Å². The van der Waals surface area contributed by atoms with Crippen molar-refractivity contribution in [3.63, 3.8) is 0 Å². The molecule has 0 bridgehead atoms. The summed E-state index contributed by atoms with van der Waals surface area (Å²) in [5.74, 6) is 2.35. The van der Waals surface area contributed by atoms with Gasteiger partial charge in [0.25, 0.3) is 0 Å². The summed E-state index contributed by atoms with van der Waals surface area (Å²) in [7, 11) is 0. The Hall–Kier alpha value is -8.68. The standard InChI is InChI=1S/C56H33N5O2/c1-3-13-34(14-4-1)53-58-54(60-55(59-53)41-25-26-44-43-23-9-10-24-49(43)62-50(44)33-41)40-21-11-19-36(29-40)37-20-12-22-42(30-37)61-48-32-39-18-8-7-17-38(39)31-46(48)45-27-28-47-52(51(45)61)63-56(57-47)35-15-5-2-6-16-35/h1-33H. The summed E-state index contributed by atoms with van der Waals surface area (Å²) in [6.45, 7) is 0. The van der Waals surface area contributed by atoms with E-state index in [-0.39, 0.29) is 0 Å². The Bertz CT molecular complexity index is 3920. The van der Waals surface area contributed by atoms with Crippen molar-refractivity contribution in [2.24, 2.45) is 0 Å². The van der Waals surface area contributed by atoms with Crippen molar-refractivity contribution >= 4 is 65.6 Å². The third-order valence-electron chi connectivity index (χ3n) is 12.0. The van der Waals surface area contributed by atoms with Gasteiger partial charge < -0.3 is 13.4 Å². The van der Waals surface area contributed by atoms with Crippen LogP contribution in [0, 0.1) is 0 Å². The Morgan fingerprint density at radius 2 is 0.952 bits per heavy atom. The van der Waals surface area contributed by atoms with Crippen LogP contribution in [0.5, 0.6) is 0 Å². The average molecular weight is 808 g/mol. The molecule has 7 nitrogen and oxygen atoms in total. The molecule has 7 heteroatoms. The summed E-state index contributed by atoms with van der Waals surface area (Å²) in [6.07, 6.45) is 0. The van der Waals surface area contributed by atoms with E-state index in [4.69, 9.17) is 28.8 Å². The summed E-state index contributed by atoms with van der Waals surface area (Å²) < 4.78 is 15.3. The van der Waals surface area contributed by atoms with Gasteiger partial charge in [0.2, 0.25) is 5.89 Å². The summed E-state index contributed by atoms with van der Waals surface area (Å²) in [4.78, 5) is 20.2. The summed E-state index contributed by atoms with van der Waals surface area (Å²) in [6, 6.07) is 68.9. The molecule has 0 saturated carbocycles. The third kappa shape index (κ3) is 5.82. The topological polar surface area (TPSA) is 82.8 Å². The number of hydrogen-bond acceptors (Lipinski definition) is 6. The van der Waals surface area contributed by atoms with Crippen LogP contribution in [-0.4, -0.2) is 24.5 Å². The zero-order valence-electron chi connectivity index (χ0n) is 33.6. The minimum atomic E-state index is 0.571. The molecule has 13 aromatic rings. The molecule has 0 aliphatic carbocycles. The van der Waals surface area contributed by atoms with Gasteiger partial charge in [-0.25, -0.2) is 19.9 Å². The number of rotatable bonds is 6. The molecule has 63 heavy (non-hydrogen) atoms. The van der Waals surface area contributed by atoms with Crippen LogP contribution in [0.1, 0.15) is 0 Å². The van der Waals surface area contributed by atoms with Gasteiger partial charge >= 0.3 is 0 Å². The number of nitrogens with zero attached hydrogens (tertiary/aromatic N) is 5. The van der Waals surface area contributed by atoms with Gasteiger partial charge in [-0.15, -0.1) is 0 Å². The molecule has 13 rings (SSSR count). The van der Waals surface area contributed by atoms with Crippen molar-refractivity contribution in [2.45, 2.75) is 0 Å². The van der Waals surface area contributed by atoms with Crippen molar-refractivity contribution in [2.75, 3.05) is 0 Å². The van der Waals surface area contributed by atoms with Crippen molar-refractivity contribution < 1.29 is 8.83 Å². The van der Waals surface area contributed by atoms with Gasteiger partial charge in [0.15, 0.2) is 23.1 Å². The lowest BCUT2D eigenvalue weighted by Crippen LogP contribution is -2.00. The Kier molecular flexibility index (Phi) is 7.77. The second-order valence-corrected chi connectivity index (χ2v) is 15.9. The lowest BCUT2D eigenvalue weighted by Gasteiger charge is -2.12. The van der Waals surface area contributed by atoms with E-state index in [0.29, 0.717) is 23.4 Å². The highest BCUT2D eigenvalue weighted by Gasteiger charge is 2.21. The number of fused-ring (bicyclic) bond motifs is 9. The highest BCUT2D eigenvalue weighted by Crippen LogP contribution is 2.41. The highest BCUT2D eigenvalue weighted by atomic mass is 16.3. The normalized spacial score (nSPS) is 11.8. The zero-order valence-corrected chi connectivity index (χ0v) is 33.6. The fourth-order valence-corrected chi connectivity index (χ4v) is 9.02. The van der Waals surface area contributed by atoms with E-state index in [9.17, 15) is 0 Å². The fraction of sp³-hybridized carbons (Fsp3) is 0. The first-order valence-corrected chi connectivity index (χ1v) is 20.9. The first kappa shape index (κ1) is 35.1. The van der Waals surface area contributed by atoms with Gasteiger partial charge in [0, 0.05) is 49.5 Å². The molecule has 0 aliphatic rings. The van der Waals surface area contributed by atoms with E-state index in [0.717, 1.165) is 93.9 Å². The van der Waals surface area contributed by atoms with Gasteiger partial charge in [0.1, 0.15) is 16.7 Å². The molecule has 0 unspecified atom stereocenters. The zero-order chi connectivity index (χ0) is 41.4. The van der Waals surface area contributed by atoms with Crippen LogP contribution >= 0.6 is 0 Å². The highest BCUT2D eigenvalue weighted by molar-refractivity contribution is 6.19. The predicted molar refractivity (Wildman–Crippen MR) is 254 cm³/mol. The molecule has 9 aromatic carbocycles. The smallest absolute Gasteiger partial charge is 0.227 e. The minimum Gasteiger partial charge on any atom is -0.456 e. The van der Waals surface area contributed by atoms with Gasteiger partial charge in [-0.1, -0.05) is 127 Å². The molecule has 0 amide bonds. The lowest BCUT2D eigenvalue weighted by atomic mass is 10.0. The monoisotopic (exact) mass is 807 g/mol. The van der Waals surface area contributed by atoms with E-state index in [1.165, 1.54) is 10.8 Å². The maximum atomic E-state index is 6.70. The Morgan fingerprint density at radius 3 is 1.76 bits per heavy atom. The molecular formula is C56H33N5O2. The molecule has 0 fully saturated rings. The van der Waals surface area contributed by atoms with E-state index in [1.54, 1.807) is 0 Å². The third-order valence-corrected chi connectivity index (χ3v) is 12.0. The van der Waals surface area contributed by atoms with Gasteiger partial charge in [-0.3, -0.25) is 0 Å². The van der Waals surface area contributed by atoms with Gasteiger partial charge in [-0.05, 0) is 94.7 Å². The number of oxazole rings is 1. The summed E-state index contributed by atoms with van der Waals surface area (Å²) in [5, 5.41) is 6.74. The molecule has 294 valence electrons. The second-order valence-electron chi connectivity index (χ2n) is 15.9. The van der Waals surface area contributed by atoms with Crippen LogP contribution < -0.4 is 0 Å². The molecule has 4 aromatic heterocycles. The molecule has 0 saturated heterocycles. The van der Waals surface area contributed by atoms with Gasteiger partial charge in [0.05, 0.1) is 11.0 Å². The molecule has 4 heterocycles. The number of aromatic nitrogens is 5. The van der Waals surface area contributed by atoms with Crippen molar-refractivity contribution in [1.29, 1.82) is 0 Å². The molecule has 0 atom stereocenters. The molecule has 0 aliphatic heterocycles. The Balaban J connectivity index is 0.964. The van der Waals surface area contributed by atoms with E-state index in [1.807, 2.05) is 84.9 Å². The number of benzene rings is 9. The van der Waals surface area contributed by atoms with Crippen LogP contribution in [0.4, 0.5) is 0 Å². The number of para-hydroxylation sites is 1. The molecular weight excluding hydrogens is 775 g/mol.